The van der Waals surface area contributed by atoms with Crippen LogP contribution in [0.5, 0.6) is 0 Å². The predicted molar refractivity (Wildman–Crippen MR) is 80.3 cm³/mol. The second kappa shape index (κ2) is 5.71. The highest BCUT2D eigenvalue weighted by atomic mass is 32.2. The zero-order chi connectivity index (χ0) is 14.0. The van der Waals surface area contributed by atoms with Crippen LogP contribution in [0.2, 0.25) is 0 Å². The number of likely N-dealkylation sites (N-methyl/N-ethyl adjacent to an activating group) is 2. The third-order valence-electron chi connectivity index (χ3n) is 2.95. The first kappa shape index (κ1) is 14.0. The Morgan fingerprint density at radius 3 is 1.95 bits per heavy atom. The molecular weight excluding hydrogens is 280 g/mol. The molecule has 2 aliphatic rings. The summed E-state index contributed by atoms with van der Waals surface area (Å²) in [5.41, 5.74) is 0.846. The van der Waals surface area contributed by atoms with Gasteiger partial charge in [-0.1, -0.05) is 0 Å². The van der Waals surface area contributed by atoms with Crippen molar-refractivity contribution in [3.63, 3.8) is 0 Å². The van der Waals surface area contributed by atoms with E-state index in [1.165, 1.54) is 21.6 Å². The number of hydrogen-bond donors (Lipinski definition) is 0. The molecule has 2 heterocycles. The standard InChI is InChI=1S/C13H14N2O2S2/c1-3-14-11(16)10(9-5-7-19-8-6-9)12(17)15(4-2)13(14)18/h5-8H,3-4H2,1-2H3. The molecule has 2 rings (SSSR count). The smallest absolute Gasteiger partial charge is 0.266 e. The molecule has 4 nitrogen and oxygen atoms in total. The fourth-order valence-electron chi connectivity index (χ4n) is 1.98. The van der Waals surface area contributed by atoms with Gasteiger partial charge in [0.05, 0.1) is 0 Å². The number of rotatable bonds is 2. The molecule has 0 aromatic rings. The van der Waals surface area contributed by atoms with E-state index in [0.29, 0.717) is 23.8 Å². The molecule has 0 N–H and O–H groups in total. The summed E-state index contributed by atoms with van der Waals surface area (Å²) in [6.07, 6.45) is 3.57. The molecule has 0 saturated carbocycles. The first-order valence-electron chi connectivity index (χ1n) is 6.02. The van der Waals surface area contributed by atoms with Crippen molar-refractivity contribution < 1.29 is 9.59 Å². The van der Waals surface area contributed by atoms with E-state index >= 15 is 0 Å². The van der Waals surface area contributed by atoms with Crippen LogP contribution < -0.4 is 0 Å². The van der Waals surface area contributed by atoms with Crippen LogP contribution in [0.15, 0.2) is 34.1 Å². The molecule has 19 heavy (non-hydrogen) atoms. The molecule has 0 atom stereocenters. The Balaban J connectivity index is 2.53. The Labute approximate surface area is 121 Å². The zero-order valence-corrected chi connectivity index (χ0v) is 12.4. The van der Waals surface area contributed by atoms with E-state index in [0.717, 1.165) is 0 Å². The number of carbonyl (C=O) groups is 2. The normalized spacial score (nSPS) is 19.8. The van der Waals surface area contributed by atoms with Gasteiger partial charge in [0, 0.05) is 13.1 Å². The van der Waals surface area contributed by atoms with Crippen LogP contribution >= 0.6 is 24.0 Å². The Hall–Kier alpha value is -1.40. The summed E-state index contributed by atoms with van der Waals surface area (Å²) >= 11 is 6.71. The predicted octanol–water partition coefficient (Wildman–Crippen LogP) is 2.05. The van der Waals surface area contributed by atoms with E-state index in [1.807, 2.05) is 24.7 Å². The Morgan fingerprint density at radius 2 is 1.53 bits per heavy atom. The SMILES string of the molecule is CCN1C(=O)C(=C2C=CSC=C2)C(=O)N(CC)C1=S. The lowest BCUT2D eigenvalue weighted by Crippen LogP contribution is -2.56. The van der Waals surface area contributed by atoms with Crippen LogP contribution in [-0.4, -0.2) is 39.8 Å². The molecule has 0 spiro atoms. The van der Waals surface area contributed by atoms with Crippen LogP contribution in [-0.2, 0) is 9.59 Å². The van der Waals surface area contributed by atoms with Crippen molar-refractivity contribution in [2.24, 2.45) is 0 Å². The maximum atomic E-state index is 12.4. The lowest BCUT2D eigenvalue weighted by atomic mass is 10.0. The van der Waals surface area contributed by atoms with Crippen LogP contribution in [0.3, 0.4) is 0 Å². The number of thiocarbonyl (C=S) groups is 1. The minimum absolute atomic E-state index is 0.199. The summed E-state index contributed by atoms with van der Waals surface area (Å²) < 4.78 is 0. The average molecular weight is 294 g/mol. The molecule has 2 amide bonds. The highest BCUT2D eigenvalue weighted by Gasteiger charge is 2.39. The fourth-order valence-corrected chi connectivity index (χ4v) is 2.94. The topological polar surface area (TPSA) is 40.6 Å². The van der Waals surface area contributed by atoms with Crippen molar-refractivity contribution in [1.29, 1.82) is 0 Å². The molecule has 0 bridgehead atoms. The van der Waals surface area contributed by atoms with Gasteiger partial charge in [-0.05, 0) is 54.6 Å². The summed E-state index contributed by atoms with van der Waals surface area (Å²) in [5, 5.41) is 3.99. The van der Waals surface area contributed by atoms with Crippen molar-refractivity contribution in [2.75, 3.05) is 13.1 Å². The van der Waals surface area contributed by atoms with E-state index in [1.54, 1.807) is 12.2 Å². The number of amides is 2. The minimum Gasteiger partial charge on any atom is -0.285 e. The highest BCUT2D eigenvalue weighted by Crippen LogP contribution is 2.25. The molecule has 0 unspecified atom stereocenters. The van der Waals surface area contributed by atoms with Gasteiger partial charge >= 0.3 is 0 Å². The van der Waals surface area contributed by atoms with Gasteiger partial charge in [-0.15, -0.1) is 11.8 Å². The summed E-state index contributed by atoms with van der Waals surface area (Å²) in [4.78, 5) is 27.7. The van der Waals surface area contributed by atoms with Gasteiger partial charge in [-0.3, -0.25) is 19.4 Å². The molecule has 0 aromatic heterocycles. The largest absolute Gasteiger partial charge is 0.285 e. The van der Waals surface area contributed by atoms with E-state index in [4.69, 9.17) is 12.2 Å². The number of carbonyl (C=O) groups excluding carboxylic acids is 2. The molecular formula is C13H14N2O2S2. The maximum Gasteiger partial charge on any atom is 0.266 e. The van der Waals surface area contributed by atoms with E-state index in [-0.39, 0.29) is 17.4 Å². The van der Waals surface area contributed by atoms with Gasteiger partial charge in [0.25, 0.3) is 11.8 Å². The number of nitrogens with zero attached hydrogens (tertiary/aromatic N) is 2. The first-order valence-corrected chi connectivity index (χ1v) is 7.37. The van der Waals surface area contributed by atoms with Gasteiger partial charge in [-0.2, -0.15) is 0 Å². The van der Waals surface area contributed by atoms with E-state index in [9.17, 15) is 9.59 Å². The van der Waals surface area contributed by atoms with Crippen molar-refractivity contribution in [2.45, 2.75) is 13.8 Å². The van der Waals surface area contributed by atoms with Gasteiger partial charge < -0.3 is 0 Å². The van der Waals surface area contributed by atoms with Crippen LogP contribution in [0.4, 0.5) is 0 Å². The number of hydrogen-bond acceptors (Lipinski definition) is 4. The van der Waals surface area contributed by atoms with Gasteiger partial charge in [0.15, 0.2) is 5.11 Å². The molecule has 0 aliphatic carbocycles. The zero-order valence-electron chi connectivity index (χ0n) is 10.8. The Morgan fingerprint density at radius 1 is 1.05 bits per heavy atom. The quantitative estimate of drug-likeness (QED) is 0.444. The molecule has 100 valence electrons. The number of thioether (sulfide) groups is 1. The van der Waals surface area contributed by atoms with Gasteiger partial charge in [-0.25, -0.2) is 0 Å². The fraction of sp³-hybridized carbons (Fsp3) is 0.308. The maximum absolute atomic E-state index is 12.4. The number of allylic oxidation sites excluding steroid dienone is 3. The average Bonchev–Trinajstić information content (AvgIpc) is 2.41. The van der Waals surface area contributed by atoms with Crippen molar-refractivity contribution in [3.8, 4) is 0 Å². The van der Waals surface area contributed by atoms with Crippen LogP contribution in [0.25, 0.3) is 0 Å². The lowest BCUT2D eigenvalue weighted by Gasteiger charge is -2.36. The third kappa shape index (κ3) is 2.37. The summed E-state index contributed by atoms with van der Waals surface area (Å²) in [7, 11) is 0. The highest BCUT2D eigenvalue weighted by molar-refractivity contribution is 8.04. The van der Waals surface area contributed by atoms with Crippen molar-refractivity contribution in [1.82, 2.24) is 9.80 Å². The third-order valence-corrected chi connectivity index (χ3v) is 3.98. The Bertz CT molecular complexity index is 493. The molecule has 1 fully saturated rings. The monoisotopic (exact) mass is 294 g/mol. The van der Waals surface area contributed by atoms with Gasteiger partial charge in [0.2, 0.25) is 0 Å². The Kier molecular flexibility index (Phi) is 4.21. The van der Waals surface area contributed by atoms with Crippen molar-refractivity contribution >= 4 is 40.9 Å². The molecule has 2 aliphatic heterocycles. The first-order chi connectivity index (χ1) is 9.11. The molecule has 0 radical (unpaired) electrons. The second-order valence-electron chi connectivity index (χ2n) is 3.95. The van der Waals surface area contributed by atoms with Crippen LogP contribution in [0.1, 0.15) is 13.8 Å². The second-order valence-corrected chi connectivity index (χ2v) is 5.13. The minimum atomic E-state index is -0.307. The summed E-state index contributed by atoms with van der Waals surface area (Å²) in [6, 6.07) is 0. The lowest BCUT2D eigenvalue weighted by molar-refractivity contribution is -0.133. The summed E-state index contributed by atoms with van der Waals surface area (Å²) in [5.74, 6) is -0.614. The molecule has 0 aromatic carbocycles. The summed E-state index contributed by atoms with van der Waals surface area (Å²) in [6.45, 7) is 4.61. The van der Waals surface area contributed by atoms with Crippen molar-refractivity contribution in [3.05, 3.63) is 34.1 Å². The van der Waals surface area contributed by atoms with Gasteiger partial charge in [0.1, 0.15) is 5.57 Å². The van der Waals surface area contributed by atoms with E-state index in [2.05, 4.69) is 0 Å². The molecule has 6 heteroatoms. The molecule has 1 saturated heterocycles. The van der Waals surface area contributed by atoms with Crippen LogP contribution in [0, 0.1) is 0 Å². The van der Waals surface area contributed by atoms with E-state index < -0.39 is 0 Å².